The van der Waals surface area contributed by atoms with Crippen molar-refractivity contribution in [1.29, 1.82) is 0 Å². The molecular weight excluding hydrogens is 456 g/mol. The molecule has 0 saturated heterocycles. The molecule has 2 aromatic carbocycles. The van der Waals surface area contributed by atoms with Crippen LogP contribution < -0.4 is 14.2 Å². The van der Waals surface area contributed by atoms with Crippen LogP contribution in [-0.4, -0.2) is 26.5 Å². The highest BCUT2D eigenvalue weighted by Gasteiger charge is 2.20. The van der Waals surface area contributed by atoms with Gasteiger partial charge in [0.25, 0.3) is 0 Å². The first-order valence-electron chi connectivity index (χ1n) is 10.7. The summed E-state index contributed by atoms with van der Waals surface area (Å²) in [5.41, 5.74) is 3.24. The molecule has 9 heteroatoms. The van der Waals surface area contributed by atoms with E-state index in [4.69, 9.17) is 19.2 Å². The van der Waals surface area contributed by atoms with E-state index < -0.39 is 0 Å². The lowest BCUT2D eigenvalue weighted by atomic mass is 10.2. The van der Waals surface area contributed by atoms with Crippen LogP contribution in [-0.2, 0) is 12.3 Å². The number of aromatic nitrogens is 4. The van der Waals surface area contributed by atoms with E-state index in [2.05, 4.69) is 34.0 Å². The number of aryl methyl sites for hydroxylation is 1. The minimum absolute atomic E-state index is 0.202. The van der Waals surface area contributed by atoms with E-state index in [0.717, 1.165) is 51.0 Å². The van der Waals surface area contributed by atoms with Crippen molar-refractivity contribution < 1.29 is 14.2 Å². The van der Waals surface area contributed by atoms with Gasteiger partial charge in [0.05, 0.1) is 5.69 Å². The number of rotatable bonds is 8. The minimum atomic E-state index is -0.202. The number of benzene rings is 2. The Bertz CT molecular complexity index is 1250. The quantitative estimate of drug-likeness (QED) is 0.291. The molecule has 0 saturated carbocycles. The second-order valence-electron chi connectivity index (χ2n) is 7.66. The van der Waals surface area contributed by atoms with Crippen LogP contribution in [0.1, 0.15) is 37.0 Å². The van der Waals surface area contributed by atoms with Crippen LogP contribution >= 0.6 is 23.1 Å². The highest BCUT2D eigenvalue weighted by atomic mass is 32.2. The monoisotopic (exact) mass is 480 g/mol. The third kappa shape index (κ3) is 4.69. The zero-order chi connectivity index (χ0) is 22.8. The average molecular weight is 481 g/mol. The van der Waals surface area contributed by atoms with Gasteiger partial charge in [-0.15, -0.1) is 21.5 Å². The molecule has 0 radical (unpaired) electrons. The number of thiazole rings is 1. The number of fused-ring (bicyclic) bond motifs is 1. The molecule has 0 bridgehead atoms. The topological polar surface area (TPSA) is 71.3 Å². The van der Waals surface area contributed by atoms with E-state index >= 15 is 0 Å². The maximum atomic E-state index is 6.10. The van der Waals surface area contributed by atoms with Gasteiger partial charge in [0.2, 0.25) is 6.79 Å². The lowest BCUT2D eigenvalue weighted by molar-refractivity contribution is 0.174. The van der Waals surface area contributed by atoms with Gasteiger partial charge in [-0.05, 0) is 51.1 Å². The molecule has 0 spiro atoms. The Morgan fingerprint density at radius 1 is 1.12 bits per heavy atom. The van der Waals surface area contributed by atoms with Gasteiger partial charge in [-0.1, -0.05) is 29.5 Å². The van der Waals surface area contributed by atoms with Crippen LogP contribution in [0.4, 0.5) is 0 Å². The summed E-state index contributed by atoms with van der Waals surface area (Å²) in [4.78, 5) is 4.80. The summed E-state index contributed by atoms with van der Waals surface area (Å²) >= 11 is 3.25. The minimum Gasteiger partial charge on any atom is -0.483 e. The van der Waals surface area contributed by atoms with Gasteiger partial charge in [0.15, 0.2) is 28.6 Å². The number of hydrogen-bond donors (Lipinski definition) is 0. The lowest BCUT2D eigenvalue weighted by Crippen LogP contribution is -2.12. The molecule has 5 rings (SSSR count). The first-order valence-corrected chi connectivity index (χ1v) is 12.6. The predicted octanol–water partition coefficient (Wildman–Crippen LogP) is 5.89. The Morgan fingerprint density at radius 3 is 2.76 bits per heavy atom. The van der Waals surface area contributed by atoms with Crippen molar-refractivity contribution in [3.63, 3.8) is 0 Å². The first-order chi connectivity index (χ1) is 16.1. The van der Waals surface area contributed by atoms with Crippen molar-refractivity contribution in [3.05, 3.63) is 64.9 Å². The Hall–Kier alpha value is -3.04. The fourth-order valence-corrected chi connectivity index (χ4v) is 5.38. The molecule has 4 aromatic rings. The van der Waals surface area contributed by atoms with Crippen LogP contribution in [0.25, 0.3) is 10.6 Å². The zero-order valence-electron chi connectivity index (χ0n) is 18.6. The van der Waals surface area contributed by atoms with E-state index in [1.54, 1.807) is 23.1 Å². The average Bonchev–Trinajstić information content (AvgIpc) is 3.57. The Morgan fingerprint density at radius 2 is 1.94 bits per heavy atom. The number of ether oxygens (including phenoxy) is 3. The number of nitrogens with zero attached hydrogens (tertiary/aromatic N) is 4. The summed E-state index contributed by atoms with van der Waals surface area (Å²) in [6.07, 6.45) is -0.202. The molecule has 1 aliphatic rings. The summed E-state index contributed by atoms with van der Waals surface area (Å²) in [7, 11) is 0. The molecule has 3 heterocycles. The van der Waals surface area contributed by atoms with E-state index in [0.29, 0.717) is 5.75 Å². The van der Waals surface area contributed by atoms with Crippen molar-refractivity contribution >= 4 is 23.1 Å². The molecule has 1 atom stereocenters. The summed E-state index contributed by atoms with van der Waals surface area (Å²) in [5.74, 6) is 3.91. The van der Waals surface area contributed by atoms with E-state index in [1.165, 1.54) is 5.56 Å². The largest absolute Gasteiger partial charge is 0.483 e. The summed E-state index contributed by atoms with van der Waals surface area (Å²) in [6, 6.07) is 14.0. The van der Waals surface area contributed by atoms with Crippen LogP contribution in [0.15, 0.2) is 53.0 Å². The molecule has 0 N–H and O–H groups in total. The Balaban J connectivity index is 1.26. The smallest absolute Gasteiger partial charge is 0.231 e. The predicted molar refractivity (Wildman–Crippen MR) is 129 cm³/mol. The van der Waals surface area contributed by atoms with Crippen molar-refractivity contribution in [2.75, 3.05) is 6.79 Å². The Labute approximate surface area is 200 Å². The molecule has 0 amide bonds. The first kappa shape index (κ1) is 21.8. The van der Waals surface area contributed by atoms with Crippen LogP contribution in [0.3, 0.4) is 0 Å². The van der Waals surface area contributed by atoms with Gasteiger partial charge in [-0.3, -0.25) is 0 Å². The molecule has 33 heavy (non-hydrogen) atoms. The van der Waals surface area contributed by atoms with Gasteiger partial charge >= 0.3 is 0 Å². The number of thioether (sulfide) groups is 1. The third-order valence-corrected chi connectivity index (χ3v) is 7.22. The van der Waals surface area contributed by atoms with Crippen LogP contribution in [0.2, 0.25) is 0 Å². The van der Waals surface area contributed by atoms with E-state index in [1.807, 2.05) is 49.4 Å². The molecule has 0 fully saturated rings. The SMILES string of the molecule is CCn1c(SCc2csc(-c3ccc4c(c3)OCO4)n2)nnc1C(C)Oc1ccc(C)cc1. The molecule has 1 aliphatic heterocycles. The van der Waals surface area contributed by atoms with Gasteiger partial charge < -0.3 is 18.8 Å². The summed E-state index contributed by atoms with van der Waals surface area (Å²) in [5, 5.41) is 12.8. The van der Waals surface area contributed by atoms with Gasteiger partial charge in [-0.25, -0.2) is 4.98 Å². The normalized spacial score (nSPS) is 13.3. The maximum absolute atomic E-state index is 6.10. The summed E-state index contributed by atoms with van der Waals surface area (Å²) < 4.78 is 19.1. The third-order valence-electron chi connectivity index (χ3n) is 5.28. The van der Waals surface area contributed by atoms with Crippen molar-refractivity contribution in [2.24, 2.45) is 0 Å². The zero-order valence-corrected chi connectivity index (χ0v) is 20.3. The highest BCUT2D eigenvalue weighted by Crippen LogP contribution is 2.37. The van der Waals surface area contributed by atoms with Crippen molar-refractivity contribution in [2.45, 2.75) is 44.3 Å². The molecule has 1 unspecified atom stereocenters. The van der Waals surface area contributed by atoms with Crippen LogP contribution in [0.5, 0.6) is 17.2 Å². The second-order valence-corrected chi connectivity index (χ2v) is 9.46. The molecular formula is C24H24N4O3S2. The Kier molecular flexibility index (Phi) is 6.24. The molecule has 7 nitrogen and oxygen atoms in total. The van der Waals surface area contributed by atoms with E-state index in [-0.39, 0.29) is 12.9 Å². The molecule has 0 aliphatic carbocycles. The maximum Gasteiger partial charge on any atom is 0.231 e. The second kappa shape index (κ2) is 9.44. The van der Waals surface area contributed by atoms with Crippen molar-refractivity contribution in [1.82, 2.24) is 19.7 Å². The van der Waals surface area contributed by atoms with Gasteiger partial charge in [0, 0.05) is 23.2 Å². The van der Waals surface area contributed by atoms with Gasteiger partial charge in [0.1, 0.15) is 10.8 Å². The van der Waals surface area contributed by atoms with Crippen LogP contribution in [0, 0.1) is 6.92 Å². The van der Waals surface area contributed by atoms with Crippen molar-refractivity contribution in [3.8, 4) is 27.8 Å². The fraction of sp³-hybridized carbons (Fsp3) is 0.292. The fourth-order valence-electron chi connectivity index (χ4n) is 3.55. The standard InChI is InChI=1S/C24H24N4O3S2/c1-4-28-22(16(3)31-19-8-5-15(2)6-9-19)26-27-24(28)33-13-18-12-32-23(25-18)17-7-10-20-21(11-17)30-14-29-20/h5-12,16H,4,13-14H2,1-3H3. The molecule has 2 aromatic heterocycles. The lowest BCUT2D eigenvalue weighted by Gasteiger charge is -2.15. The molecule has 170 valence electrons. The number of hydrogen-bond acceptors (Lipinski definition) is 8. The highest BCUT2D eigenvalue weighted by molar-refractivity contribution is 7.98. The van der Waals surface area contributed by atoms with Gasteiger partial charge in [-0.2, -0.15) is 0 Å². The summed E-state index contributed by atoms with van der Waals surface area (Å²) in [6.45, 7) is 7.20. The van der Waals surface area contributed by atoms with E-state index in [9.17, 15) is 0 Å².